The van der Waals surface area contributed by atoms with Gasteiger partial charge < -0.3 is 10.1 Å². The summed E-state index contributed by atoms with van der Waals surface area (Å²) in [6.45, 7) is 4.89. The molecule has 20 heavy (non-hydrogen) atoms. The van der Waals surface area contributed by atoms with Crippen molar-refractivity contribution in [2.24, 2.45) is 0 Å². The predicted octanol–water partition coefficient (Wildman–Crippen LogP) is 4.50. The van der Waals surface area contributed by atoms with Gasteiger partial charge in [-0.05, 0) is 42.3 Å². The molecule has 110 valence electrons. The molecule has 0 fully saturated rings. The lowest BCUT2D eigenvalue weighted by Crippen LogP contribution is -2.24. The second-order valence-corrected chi connectivity index (χ2v) is 6.78. The molecule has 2 heterocycles. The van der Waals surface area contributed by atoms with Gasteiger partial charge in [0.1, 0.15) is 0 Å². The third-order valence-electron chi connectivity index (χ3n) is 3.08. The van der Waals surface area contributed by atoms with Crippen LogP contribution in [0.2, 0.25) is 0 Å². The van der Waals surface area contributed by atoms with E-state index in [0.717, 1.165) is 39.0 Å². The van der Waals surface area contributed by atoms with Crippen molar-refractivity contribution < 1.29 is 4.74 Å². The van der Waals surface area contributed by atoms with E-state index in [1.165, 1.54) is 9.75 Å². The van der Waals surface area contributed by atoms with Gasteiger partial charge in [0.05, 0.1) is 0 Å². The standard InChI is InChI=1S/C16H23NOS2/c1-2-9-18-10-5-8-17-15(16-7-4-12-20-16)13-14-6-3-11-19-14/h3-4,6-7,11-12,15,17H,2,5,8-10,13H2,1H3. The Morgan fingerprint density at radius 2 is 2.00 bits per heavy atom. The second-order valence-electron chi connectivity index (χ2n) is 4.77. The molecule has 2 aromatic rings. The highest BCUT2D eigenvalue weighted by molar-refractivity contribution is 7.10. The first-order valence-corrected chi connectivity index (χ1v) is 9.03. The average molecular weight is 310 g/mol. The fourth-order valence-electron chi connectivity index (χ4n) is 2.09. The fourth-order valence-corrected chi connectivity index (χ4v) is 3.64. The van der Waals surface area contributed by atoms with Crippen LogP contribution in [0.3, 0.4) is 0 Å². The van der Waals surface area contributed by atoms with E-state index in [1.54, 1.807) is 0 Å². The van der Waals surface area contributed by atoms with Crippen LogP contribution in [0.1, 0.15) is 35.6 Å². The minimum Gasteiger partial charge on any atom is -0.381 e. The zero-order chi connectivity index (χ0) is 14.0. The highest BCUT2D eigenvalue weighted by Gasteiger charge is 2.13. The van der Waals surface area contributed by atoms with Gasteiger partial charge in [-0.25, -0.2) is 0 Å². The van der Waals surface area contributed by atoms with Gasteiger partial charge in [-0.2, -0.15) is 0 Å². The van der Waals surface area contributed by atoms with Crippen LogP contribution in [0.5, 0.6) is 0 Å². The molecule has 0 aliphatic heterocycles. The summed E-state index contributed by atoms with van der Waals surface area (Å²) in [4.78, 5) is 2.87. The summed E-state index contributed by atoms with van der Waals surface area (Å²) in [6, 6.07) is 9.14. The molecule has 2 aromatic heterocycles. The Bertz CT molecular complexity index is 439. The molecule has 0 aliphatic carbocycles. The molecule has 0 saturated heterocycles. The van der Waals surface area contributed by atoms with Gasteiger partial charge in [-0.15, -0.1) is 22.7 Å². The van der Waals surface area contributed by atoms with Crippen LogP contribution in [0.15, 0.2) is 35.0 Å². The van der Waals surface area contributed by atoms with E-state index < -0.39 is 0 Å². The summed E-state index contributed by atoms with van der Waals surface area (Å²) in [6.07, 6.45) is 3.25. The van der Waals surface area contributed by atoms with Crippen molar-refractivity contribution in [3.8, 4) is 0 Å². The van der Waals surface area contributed by atoms with E-state index >= 15 is 0 Å². The molecule has 0 bridgehead atoms. The Hall–Kier alpha value is -0.680. The SMILES string of the molecule is CCCOCCCNC(Cc1cccs1)c1cccs1. The minimum atomic E-state index is 0.430. The second kappa shape index (κ2) is 9.29. The maximum atomic E-state index is 5.53. The third-order valence-corrected chi connectivity index (χ3v) is 4.96. The molecule has 0 aromatic carbocycles. The van der Waals surface area contributed by atoms with E-state index in [4.69, 9.17) is 4.74 Å². The molecule has 1 N–H and O–H groups in total. The Morgan fingerprint density at radius 1 is 1.15 bits per heavy atom. The van der Waals surface area contributed by atoms with Crippen LogP contribution >= 0.6 is 22.7 Å². The zero-order valence-corrected chi connectivity index (χ0v) is 13.6. The Kier molecular flexibility index (Phi) is 7.30. The van der Waals surface area contributed by atoms with Gasteiger partial charge >= 0.3 is 0 Å². The molecule has 0 radical (unpaired) electrons. The summed E-state index contributed by atoms with van der Waals surface area (Å²) in [5.74, 6) is 0. The minimum absolute atomic E-state index is 0.430. The van der Waals surface area contributed by atoms with Crippen molar-refractivity contribution in [1.82, 2.24) is 5.32 Å². The third kappa shape index (κ3) is 5.37. The zero-order valence-electron chi connectivity index (χ0n) is 12.0. The predicted molar refractivity (Wildman–Crippen MR) is 88.8 cm³/mol. The fraction of sp³-hybridized carbons (Fsp3) is 0.500. The monoisotopic (exact) mass is 309 g/mol. The van der Waals surface area contributed by atoms with Gasteiger partial charge in [0, 0.05) is 35.4 Å². The summed E-state index contributed by atoms with van der Waals surface area (Å²) in [5.41, 5.74) is 0. The molecule has 4 heteroatoms. The Labute approximate surface area is 129 Å². The summed E-state index contributed by atoms with van der Waals surface area (Å²) >= 11 is 3.67. The molecule has 1 atom stereocenters. The van der Waals surface area contributed by atoms with Crippen LogP contribution < -0.4 is 5.32 Å². The lowest BCUT2D eigenvalue weighted by molar-refractivity contribution is 0.131. The van der Waals surface area contributed by atoms with E-state index in [-0.39, 0.29) is 0 Å². The van der Waals surface area contributed by atoms with E-state index in [0.29, 0.717) is 6.04 Å². The molecule has 0 aliphatic rings. The molecule has 0 saturated carbocycles. The summed E-state index contributed by atoms with van der Waals surface area (Å²) in [7, 11) is 0. The number of thiophene rings is 2. The van der Waals surface area contributed by atoms with Crippen LogP contribution in [-0.4, -0.2) is 19.8 Å². The van der Waals surface area contributed by atoms with Crippen LogP contribution in [0.4, 0.5) is 0 Å². The van der Waals surface area contributed by atoms with Crippen LogP contribution in [-0.2, 0) is 11.2 Å². The van der Waals surface area contributed by atoms with Gasteiger partial charge in [0.2, 0.25) is 0 Å². The number of hydrogen-bond donors (Lipinski definition) is 1. The summed E-state index contributed by atoms with van der Waals surface area (Å²) in [5, 5.41) is 7.98. The highest BCUT2D eigenvalue weighted by atomic mass is 32.1. The van der Waals surface area contributed by atoms with Crippen molar-refractivity contribution >= 4 is 22.7 Å². The van der Waals surface area contributed by atoms with E-state index in [9.17, 15) is 0 Å². The van der Waals surface area contributed by atoms with Gasteiger partial charge in [0.25, 0.3) is 0 Å². The smallest absolute Gasteiger partial charge is 0.0478 e. The van der Waals surface area contributed by atoms with Crippen molar-refractivity contribution in [3.63, 3.8) is 0 Å². The van der Waals surface area contributed by atoms with Crippen LogP contribution in [0.25, 0.3) is 0 Å². The van der Waals surface area contributed by atoms with Gasteiger partial charge in [-0.3, -0.25) is 0 Å². The van der Waals surface area contributed by atoms with Gasteiger partial charge in [-0.1, -0.05) is 19.1 Å². The number of nitrogens with one attached hydrogen (secondary N) is 1. The Morgan fingerprint density at radius 3 is 2.70 bits per heavy atom. The number of rotatable bonds is 10. The number of ether oxygens (including phenoxy) is 1. The first kappa shape index (κ1) is 15.7. The molecule has 1 unspecified atom stereocenters. The van der Waals surface area contributed by atoms with Crippen molar-refractivity contribution in [2.75, 3.05) is 19.8 Å². The van der Waals surface area contributed by atoms with Crippen molar-refractivity contribution in [2.45, 2.75) is 32.2 Å². The van der Waals surface area contributed by atoms with Crippen LogP contribution in [0, 0.1) is 0 Å². The van der Waals surface area contributed by atoms with Crippen molar-refractivity contribution in [3.05, 3.63) is 44.8 Å². The maximum absolute atomic E-state index is 5.53. The highest BCUT2D eigenvalue weighted by Crippen LogP contribution is 2.24. The molecular weight excluding hydrogens is 286 g/mol. The molecule has 0 spiro atoms. The van der Waals surface area contributed by atoms with Crippen molar-refractivity contribution in [1.29, 1.82) is 0 Å². The lowest BCUT2D eigenvalue weighted by Gasteiger charge is -2.17. The number of hydrogen-bond acceptors (Lipinski definition) is 4. The summed E-state index contributed by atoms with van der Waals surface area (Å²) < 4.78 is 5.53. The first-order valence-electron chi connectivity index (χ1n) is 7.27. The lowest BCUT2D eigenvalue weighted by atomic mass is 10.1. The molecule has 2 rings (SSSR count). The molecular formula is C16H23NOS2. The van der Waals surface area contributed by atoms with E-state index in [2.05, 4.69) is 47.3 Å². The van der Waals surface area contributed by atoms with E-state index in [1.807, 2.05) is 22.7 Å². The molecule has 0 amide bonds. The molecule has 2 nitrogen and oxygen atoms in total. The van der Waals surface area contributed by atoms with Gasteiger partial charge in [0.15, 0.2) is 0 Å². The first-order chi connectivity index (χ1) is 9.90. The average Bonchev–Trinajstić information content (AvgIpc) is 3.13. The quantitative estimate of drug-likeness (QED) is 0.652. The topological polar surface area (TPSA) is 21.3 Å². The maximum Gasteiger partial charge on any atom is 0.0478 e. The largest absolute Gasteiger partial charge is 0.381 e. The Balaban J connectivity index is 1.78. The normalized spacial score (nSPS) is 12.7.